The van der Waals surface area contributed by atoms with Crippen LogP contribution in [-0.2, 0) is 0 Å². The minimum absolute atomic E-state index is 0.170. The lowest BCUT2D eigenvalue weighted by Crippen LogP contribution is -2.24. The van der Waals surface area contributed by atoms with Crippen LogP contribution in [0.2, 0.25) is 0 Å². The van der Waals surface area contributed by atoms with E-state index in [1.165, 1.54) is 0 Å². The monoisotopic (exact) mass is 269 g/mol. The third-order valence-corrected chi connectivity index (χ3v) is 3.39. The first-order valence-corrected chi connectivity index (χ1v) is 6.79. The fourth-order valence-corrected chi connectivity index (χ4v) is 2.12. The molecule has 2 aromatic rings. The number of hydrogen-bond donors (Lipinski definition) is 2. The normalized spacial score (nSPS) is 14.2. The van der Waals surface area contributed by atoms with Crippen molar-refractivity contribution in [3.63, 3.8) is 0 Å². The van der Waals surface area contributed by atoms with Gasteiger partial charge in [0.05, 0.1) is 23.5 Å². The quantitative estimate of drug-likeness (QED) is 0.810. The van der Waals surface area contributed by atoms with E-state index in [0.29, 0.717) is 42.0 Å². The standard InChI is InChI=1S/C14H15N5O/c15-5-1-2-6-16-14(20)10-7-17-13-12(10)19-11(8-18-13)9-3-4-9/h7-9H,1-4,6H2,(H,16,20)(H,17,18). The summed E-state index contributed by atoms with van der Waals surface area (Å²) in [6.45, 7) is 0.495. The fourth-order valence-electron chi connectivity index (χ4n) is 2.12. The number of fused-ring (bicyclic) bond motifs is 1. The molecule has 6 heteroatoms. The first-order chi connectivity index (χ1) is 9.79. The maximum absolute atomic E-state index is 12.1. The number of aromatic amines is 1. The Bertz CT molecular complexity index is 680. The van der Waals surface area contributed by atoms with Gasteiger partial charge in [-0.05, 0) is 19.3 Å². The summed E-state index contributed by atoms with van der Waals surface area (Å²) < 4.78 is 0. The van der Waals surface area contributed by atoms with Crippen LogP contribution in [0.15, 0.2) is 12.4 Å². The molecule has 102 valence electrons. The van der Waals surface area contributed by atoms with E-state index in [1.54, 1.807) is 12.4 Å². The molecule has 1 saturated carbocycles. The van der Waals surface area contributed by atoms with Gasteiger partial charge >= 0.3 is 0 Å². The van der Waals surface area contributed by atoms with Gasteiger partial charge in [0.15, 0.2) is 5.65 Å². The smallest absolute Gasteiger partial charge is 0.255 e. The van der Waals surface area contributed by atoms with Crippen molar-refractivity contribution in [3.05, 3.63) is 23.7 Å². The van der Waals surface area contributed by atoms with E-state index in [1.807, 2.05) is 0 Å². The predicted octanol–water partition coefficient (Wildman–Crippen LogP) is 1.87. The number of amides is 1. The number of hydrogen-bond acceptors (Lipinski definition) is 4. The molecule has 0 radical (unpaired) electrons. The number of carbonyl (C=O) groups excluding carboxylic acids is 1. The first-order valence-electron chi connectivity index (χ1n) is 6.79. The molecule has 0 bridgehead atoms. The molecule has 3 rings (SSSR count). The van der Waals surface area contributed by atoms with Crippen LogP contribution in [0.4, 0.5) is 0 Å². The van der Waals surface area contributed by atoms with Crippen molar-refractivity contribution in [2.24, 2.45) is 0 Å². The molecule has 2 heterocycles. The van der Waals surface area contributed by atoms with E-state index in [-0.39, 0.29) is 5.91 Å². The Morgan fingerprint density at radius 3 is 3.15 bits per heavy atom. The molecule has 0 unspecified atom stereocenters. The van der Waals surface area contributed by atoms with Crippen molar-refractivity contribution in [3.8, 4) is 6.07 Å². The number of carbonyl (C=O) groups is 1. The van der Waals surface area contributed by atoms with Gasteiger partial charge < -0.3 is 10.3 Å². The topological polar surface area (TPSA) is 94.5 Å². The summed E-state index contributed by atoms with van der Waals surface area (Å²) >= 11 is 0. The molecular weight excluding hydrogens is 254 g/mol. The molecule has 1 aliphatic carbocycles. The van der Waals surface area contributed by atoms with Crippen molar-refractivity contribution >= 4 is 17.1 Å². The molecule has 2 aromatic heterocycles. The van der Waals surface area contributed by atoms with Gasteiger partial charge in [0, 0.05) is 25.1 Å². The lowest BCUT2D eigenvalue weighted by atomic mass is 10.2. The van der Waals surface area contributed by atoms with Gasteiger partial charge in [-0.3, -0.25) is 4.79 Å². The van der Waals surface area contributed by atoms with Crippen LogP contribution in [0, 0.1) is 11.3 Å². The lowest BCUT2D eigenvalue weighted by Gasteiger charge is -2.02. The summed E-state index contributed by atoms with van der Waals surface area (Å²) in [5.41, 5.74) is 2.76. The summed E-state index contributed by atoms with van der Waals surface area (Å²) in [7, 11) is 0. The second kappa shape index (κ2) is 5.29. The van der Waals surface area contributed by atoms with Crippen molar-refractivity contribution < 1.29 is 4.79 Å². The molecule has 1 amide bonds. The van der Waals surface area contributed by atoms with Crippen LogP contribution >= 0.6 is 0 Å². The van der Waals surface area contributed by atoms with Crippen LogP contribution < -0.4 is 5.32 Å². The molecule has 2 N–H and O–H groups in total. The molecule has 0 aliphatic heterocycles. The summed E-state index contributed by atoms with van der Waals surface area (Å²) in [5.74, 6) is 0.338. The SMILES string of the molecule is N#CCCCNC(=O)c1c[nH]c2ncc(C3CC3)nc12. The van der Waals surface area contributed by atoms with Gasteiger partial charge in [0.25, 0.3) is 5.91 Å². The lowest BCUT2D eigenvalue weighted by molar-refractivity contribution is 0.0955. The van der Waals surface area contributed by atoms with Gasteiger partial charge in [0.2, 0.25) is 0 Å². The van der Waals surface area contributed by atoms with Crippen molar-refractivity contribution in [1.82, 2.24) is 20.3 Å². The predicted molar refractivity (Wildman–Crippen MR) is 73.0 cm³/mol. The zero-order chi connectivity index (χ0) is 13.9. The van der Waals surface area contributed by atoms with Gasteiger partial charge in [-0.15, -0.1) is 0 Å². The molecular formula is C14H15N5O. The summed E-state index contributed by atoms with van der Waals surface area (Å²) in [6.07, 6.45) is 6.83. The second-order valence-corrected chi connectivity index (χ2v) is 4.99. The van der Waals surface area contributed by atoms with Crippen LogP contribution in [0.25, 0.3) is 11.2 Å². The van der Waals surface area contributed by atoms with E-state index in [4.69, 9.17) is 5.26 Å². The molecule has 0 saturated heterocycles. The minimum Gasteiger partial charge on any atom is -0.352 e. The summed E-state index contributed by atoms with van der Waals surface area (Å²) in [5, 5.41) is 11.3. The highest BCUT2D eigenvalue weighted by atomic mass is 16.1. The Morgan fingerprint density at radius 2 is 2.40 bits per heavy atom. The second-order valence-electron chi connectivity index (χ2n) is 4.99. The van der Waals surface area contributed by atoms with Crippen LogP contribution in [0.1, 0.15) is 47.7 Å². The Labute approximate surface area is 116 Å². The van der Waals surface area contributed by atoms with Crippen LogP contribution in [0.5, 0.6) is 0 Å². The van der Waals surface area contributed by atoms with Gasteiger partial charge in [-0.2, -0.15) is 5.26 Å². The Morgan fingerprint density at radius 1 is 1.55 bits per heavy atom. The Balaban J connectivity index is 1.78. The van der Waals surface area contributed by atoms with Crippen molar-refractivity contribution in [1.29, 1.82) is 5.26 Å². The fraction of sp³-hybridized carbons (Fsp3) is 0.429. The van der Waals surface area contributed by atoms with Gasteiger partial charge in [0.1, 0.15) is 5.52 Å². The maximum Gasteiger partial charge on any atom is 0.255 e. The third-order valence-electron chi connectivity index (χ3n) is 3.39. The van der Waals surface area contributed by atoms with Crippen molar-refractivity contribution in [2.75, 3.05) is 6.54 Å². The van der Waals surface area contributed by atoms with Gasteiger partial charge in [-0.25, -0.2) is 9.97 Å². The number of unbranched alkanes of at least 4 members (excludes halogenated alkanes) is 1. The largest absolute Gasteiger partial charge is 0.352 e. The third kappa shape index (κ3) is 2.48. The number of nitrogens with zero attached hydrogens (tertiary/aromatic N) is 3. The number of nitriles is 1. The number of aromatic nitrogens is 3. The highest BCUT2D eigenvalue weighted by molar-refractivity contribution is 6.04. The van der Waals surface area contributed by atoms with E-state index in [2.05, 4.69) is 26.3 Å². The molecule has 0 atom stereocenters. The van der Waals surface area contributed by atoms with E-state index in [9.17, 15) is 4.79 Å². The Hall–Kier alpha value is -2.42. The highest BCUT2D eigenvalue weighted by Crippen LogP contribution is 2.39. The average molecular weight is 269 g/mol. The van der Waals surface area contributed by atoms with Crippen LogP contribution in [0.3, 0.4) is 0 Å². The molecule has 1 fully saturated rings. The Kier molecular flexibility index (Phi) is 3.33. The van der Waals surface area contributed by atoms with E-state index >= 15 is 0 Å². The zero-order valence-electron chi connectivity index (χ0n) is 11.0. The summed E-state index contributed by atoms with van der Waals surface area (Å²) in [4.78, 5) is 23.9. The van der Waals surface area contributed by atoms with E-state index < -0.39 is 0 Å². The molecule has 0 aromatic carbocycles. The number of H-pyrrole nitrogens is 1. The average Bonchev–Trinajstić information content (AvgIpc) is 3.23. The zero-order valence-corrected chi connectivity index (χ0v) is 11.0. The van der Waals surface area contributed by atoms with Crippen molar-refractivity contribution in [2.45, 2.75) is 31.6 Å². The first kappa shape index (κ1) is 12.6. The minimum atomic E-state index is -0.170. The molecule has 20 heavy (non-hydrogen) atoms. The maximum atomic E-state index is 12.1. The summed E-state index contributed by atoms with van der Waals surface area (Å²) in [6, 6.07) is 2.05. The van der Waals surface area contributed by atoms with Crippen LogP contribution in [-0.4, -0.2) is 27.4 Å². The molecule has 0 spiro atoms. The number of nitrogens with one attached hydrogen (secondary N) is 2. The number of rotatable bonds is 5. The van der Waals surface area contributed by atoms with Gasteiger partial charge in [-0.1, -0.05) is 0 Å². The molecule has 6 nitrogen and oxygen atoms in total. The highest BCUT2D eigenvalue weighted by Gasteiger charge is 2.26. The van der Waals surface area contributed by atoms with E-state index in [0.717, 1.165) is 18.5 Å². The molecule has 1 aliphatic rings.